The highest BCUT2D eigenvalue weighted by molar-refractivity contribution is 7.18. The van der Waals surface area contributed by atoms with Gasteiger partial charge in [-0.05, 0) is 46.7 Å². The van der Waals surface area contributed by atoms with Gasteiger partial charge in [0.15, 0.2) is 5.78 Å². The second-order valence-corrected chi connectivity index (χ2v) is 7.72. The summed E-state index contributed by atoms with van der Waals surface area (Å²) in [5.41, 5.74) is 2.99. The predicted molar refractivity (Wildman–Crippen MR) is 115 cm³/mol. The van der Waals surface area contributed by atoms with E-state index in [-0.39, 0.29) is 5.78 Å². The summed E-state index contributed by atoms with van der Waals surface area (Å²) in [4.78, 5) is 22.8. The first-order valence-corrected chi connectivity index (χ1v) is 10.1. The number of rotatable bonds is 5. The third kappa shape index (κ3) is 3.46. The lowest BCUT2D eigenvalue weighted by Gasteiger charge is -2.06. The molecule has 0 unspecified atom stereocenters. The summed E-state index contributed by atoms with van der Waals surface area (Å²) in [6, 6.07) is 16.4. The number of allylic oxidation sites excluding steroid dienone is 4. The van der Waals surface area contributed by atoms with Gasteiger partial charge in [0.25, 0.3) is 0 Å². The summed E-state index contributed by atoms with van der Waals surface area (Å²) in [6.45, 7) is 0. The monoisotopic (exact) mass is 386 g/mol. The second kappa shape index (κ2) is 7.68. The Hall–Kier alpha value is -3.04. The van der Waals surface area contributed by atoms with Crippen LogP contribution in [0, 0.1) is 0 Å². The maximum absolute atomic E-state index is 12.5. The Morgan fingerprint density at radius 2 is 1.41 bits per heavy atom. The van der Waals surface area contributed by atoms with Crippen LogP contribution in [0.25, 0.3) is 25.7 Å². The Balaban J connectivity index is 1.93. The van der Waals surface area contributed by atoms with Crippen LogP contribution in [0.1, 0.15) is 11.1 Å². The molecule has 0 saturated carbocycles. The van der Waals surface area contributed by atoms with Crippen molar-refractivity contribution in [2.24, 2.45) is 0 Å². The normalized spacial score (nSPS) is 11.0. The van der Waals surface area contributed by atoms with Crippen molar-refractivity contribution in [3.05, 3.63) is 94.7 Å². The van der Waals surface area contributed by atoms with E-state index in [0.29, 0.717) is 0 Å². The predicted octanol–water partition coefficient (Wildman–Crippen LogP) is 6.06. The number of fused-ring (bicyclic) bond motifs is 2. The van der Waals surface area contributed by atoms with Crippen molar-refractivity contribution in [1.82, 2.24) is 0 Å². The summed E-state index contributed by atoms with van der Waals surface area (Å²) >= 11 is 3.34. The molecule has 2 nitrogen and oxygen atoms in total. The molecule has 0 spiro atoms. The van der Waals surface area contributed by atoms with Crippen LogP contribution in [0.4, 0.5) is 0 Å². The summed E-state index contributed by atoms with van der Waals surface area (Å²) < 4.78 is 2.37. The van der Waals surface area contributed by atoms with Crippen molar-refractivity contribution in [2.45, 2.75) is 0 Å². The molecular weight excluding hydrogens is 372 g/mol. The van der Waals surface area contributed by atoms with Gasteiger partial charge in [-0.15, -0.1) is 22.7 Å². The lowest BCUT2D eigenvalue weighted by molar-refractivity contribution is -0.110. The molecule has 0 aliphatic rings. The van der Waals surface area contributed by atoms with Gasteiger partial charge in [0.1, 0.15) is 5.94 Å². The van der Waals surface area contributed by atoms with Crippen LogP contribution < -0.4 is 0 Å². The molecule has 2 heterocycles. The van der Waals surface area contributed by atoms with Crippen molar-refractivity contribution < 1.29 is 9.59 Å². The molecule has 2 aromatic carbocycles. The number of benzene rings is 2. The molecule has 130 valence electrons. The molecular formula is C23H14O2S2. The van der Waals surface area contributed by atoms with Gasteiger partial charge < -0.3 is 0 Å². The van der Waals surface area contributed by atoms with Gasteiger partial charge in [-0.2, -0.15) is 0 Å². The summed E-state index contributed by atoms with van der Waals surface area (Å²) in [5.74, 6) is 1.48. The highest BCUT2D eigenvalue weighted by atomic mass is 32.1. The van der Waals surface area contributed by atoms with E-state index in [9.17, 15) is 9.59 Å². The van der Waals surface area contributed by atoms with Crippen LogP contribution in [0.5, 0.6) is 0 Å². The standard InChI is InChI=1S/C23H14O2S2/c24-12-6-5-7-16(25)13-19(20-14-26-22-10-3-1-8-17(20)22)21-15-27-23-11-4-2-9-18(21)23/h1-11,13-15H. The fourth-order valence-electron chi connectivity index (χ4n) is 3.05. The molecule has 0 atom stereocenters. The molecule has 0 radical (unpaired) electrons. The topological polar surface area (TPSA) is 34.1 Å². The molecule has 4 aromatic rings. The van der Waals surface area contributed by atoms with Crippen molar-refractivity contribution in [1.29, 1.82) is 0 Å². The van der Waals surface area contributed by atoms with E-state index in [0.717, 1.165) is 27.5 Å². The maximum Gasteiger partial charge on any atom is 0.179 e. The largest absolute Gasteiger partial charge is 0.290 e. The van der Waals surface area contributed by atoms with E-state index >= 15 is 0 Å². The fourth-order valence-corrected chi connectivity index (χ4v) is 4.97. The Morgan fingerprint density at radius 3 is 1.96 bits per heavy atom. The van der Waals surface area contributed by atoms with E-state index < -0.39 is 0 Å². The van der Waals surface area contributed by atoms with Crippen LogP contribution in [-0.4, -0.2) is 11.7 Å². The SMILES string of the molecule is O=C=CC=CC(=O)C=C(c1csc2ccccc12)c1csc2ccccc12. The number of carbonyl (C=O) groups excluding carboxylic acids is 2. The van der Waals surface area contributed by atoms with E-state index in [1.54, 1.807) is 34.7 Å². The Kier molecular flexibility index (Phi) is 4.95. The minimum absolute atomic E-state index is 0.165. The van der Waals surface area contributed by atoms with Crippen LogP contribution >= 0.6 is 22.7 Å². The summed E-state index contributed by atoms with van der Waals surface area (Å²) in [7, 11) is 0. The number of thiophene rings is 2. The van der Waals surface area contributed by atoms with Crippen LogP contribution in [0.2, 0.25) is 0 Å². The second-order valence-electron chi connectivity index (χ2n) is 5.90. The van der Waals surface area contributed by atoms with Gasteiger partial charge >= 0.3 is 0 Å². The smallest absolute Gasteiger partial charge is 0.179 e. The molecule has 0 bridgehead atoms. The third-order valence-corrected chi connectivity index (χ3v) is 6.18. The van der Waals surface area contributed by atoms with Crippen molar-refractivity contribution in [2.75, 3.05) is 0 Å². The summed E-state index contributed by atoms with van der Waals surface area (Å²) in [5, 5.41) is 6.47. The van der Waals surface area contributed by atoms with Gasteiger partial charge in [-0.25, -0.2) is 4.79 Å². The van der Waals surface area contributed by atoms with Gasteiger partial charge in [-0.1, -0.05) is 36.4 Å². The molecule has 0 aliphatic carbocycles. The zero-order chi connectivity index (χ0) is 18.6. The van der Waals surface area contributed by atoms with Crippen LogP contribution in [-0.2, 0) is 9.59 Å². The van der Waals surface area contributed by atoms with Crippen LogP contribution in [0.3, 0.4) is 0 Å². The minimum atomic E-state index is -0.165. The Labute approximate surface area is 164 Å². The number of carbonyl (C=O) groups is 1. The molecule has 4 heteroatoms. The molecule has 4 rings (SSSR count). The number of ketones is 1. The molecule has 2 aromatic heterocycles. The van der Waals surface area contributed by atoms with E-state index in [1.165, 1.54) is 27.6 Å². The lowest BCUT2D eigenvalue weighted by Crippen LogP contribution is -1.92. The Bertz CT molecular complexity index is 1170. The first-order chi connectivity index (χ1) is 13.3. The molecule has 0 saturated heterocycles. The number of hydrogen-bond donors (Lipinski definition) is 0. The zero-order valence-electron chi connectivity index (χ0n) is 14.2. The van der Waals surface area contributed by atoms with E-state index in [2.05, 4.69) is 35.0 Å². The highest BCUT2D eigenvalue weighted by Crippen LogP contribution is 2.39. The minimum Gasteiger partial charge on any atom is -0.290 e. The van der Waals surface area contributed by atoms with Gasteiger partial charge in [0, 0.05) is 37.4 Å². The maximum atomic E-state index is 12.5. The van der Waals surface area contributed by atoms with Crippen molar-refractivity contribution >= 4 is 60.1 Å². The molecule has 0 fully saturated rings. The zero-order valence-corrected chi connectivity index (χ0v) is 15.8. The van der Waals surface area contributed by atoms with Gasteiger partial charge in [0.2, 0.25) is 0 Å². The first-order valence-electron chi connectivity index (χ1n) is 8.34. The molecule has 27 heavy (non-hydrogen) atoms. The number of hydrogen-bond acceptors (Lipinski definition) is 4. The van der Waals surface area contributed by atoms with Crippen molar-refractivity contribution in [3.8, 4) is 0 Å². The van der Waals surface area contributed by atoms with Gasteiger partial charge in [-0.3, -0.25) is 4.79 Å². The lowest BCUT2D eigenvalue weighted by atomic mass is 9.95. The van der Waals surface area contributed by atoms with Crippen molar-refractivity contribution in [3.63, 3.8) is 0 Å². The van der Waals surface area contributed by atoms with E-state index in [4.69, 9.17) is 0 Å². The summed E-state index contributed by atoms with van der Waals surface area (Å²) in [6.07, 6.45) is 5.64. The molecule has 0 amide bonds. The quantitative estimate of drug-likeness (QED) is 0.237. The van der Waals surface area contributed by atoms with Gasteiger partial charge in [0.05, 0.1) is 0 Å². The third-order valence-electron chi connectivity index (χ3n) is 4.25. The van der Waals surface area contributed by atoms with E-state index in [1.807, 2.05) is 24.3 Å². The molecule has 0 N–H and O–H groups in total. The highest BCUT2D eigenvalue weighted by Gasteiger charge is 2.15. The van der Waals surface area contributed by atoms with Crippen LogP contribution in [0.15, 0.2) is 83.6 Å². The fraction of sp³-hybridized carbons (Fsp3) is 0. The Morgan fingerprint density at radius 1 is 0.852 bits per heavy atom. The first kappa shape index (κ1) is 17.4. The molecule has 0 aliphatic heterocycles. The average Bonchev–Trinajstić information content (AvgIpc) is 3.31. The average molecular weight is 386 g/mol.